The Bertz CT molecular complexity index is 1890. The summed E-state index contributed by atoms with van der Waals surface area (Å²) in [7, 11) is 0. The van der Waals surface area contributed by atoms with Crippen LogP contribution in [0.3, 0.4) is 0 Å². The van der Waals surface area contributed by atoms with Crippen molar-refractivity contribution in [2.75, 3.05) is 0 Å². The summed E-state index contributed by atoms with van der Waals surface area (Å²) in [4.78, 5) is 0. The number of ether oxygens (including phenoxy) is 1. The molecule has 0 N–H and O–H groups in total. The third-order valence-electron chi connectivity index (χ3n) is 9.44. The van der Waals surface area contributed by atoms with Crippen LogP contribution in [0, 0.1) is 29.1 Å². The summed E-state index contributed by atoms with van der Waals surface area (Å²) in [5, 5.41) is 0. The largest absolute Gasteiger partial charge is 0.426 e. The number of hydrogen-bond donors (Lipinski definition) is 0. The maximum absolute atomic E-state index is 15.3. The highest BCUT2D eigenvalue weighted by atomic mass is 19.4. The van der Waals surface area contributed by atoms with E-state index < -0.39 is 81.8 Å². The fraction of sp³-hybridized carbons (Fsp3) is 0.385. The molecule has 14 heteroatoms. The van der Waals surface area contributed by atoms with Gasteiger partial charge in [-0.1, -0.05) is 50.1 Å². The van der Waals surface area contributed by atoms with Crippen LogP contribution in [0.15, 0.2) is 66.7 Å². The number of halogens is 13. The Morgan fingerprint density at radius 3 is 1.79 bits per heavy atom. The zero-order valence-corrected chi connectivity index (χ0v) is 28.1. The minimum atomic E-state index is -6.13. The molecule has 1 fully saturated rings. The Morgan fingerprint density at radius 2 is 1.23 bits per heavy atom. The van der Waals surface area contributed by atoms with Crippen molar-refractivity contribution in [2.45, 2.75) is 94.7 Å². The highest BCUT2D eigenvalue weighted by molar-refractivity contribution is 5.72. The molecule has 0 saturated heterocycles. The second kappa shape index (κ2) is 15.7. The van der Waals surface area contributed by atoms with E-state index in [-0.39, 0.29) is 42.0 Å². The van der Waals surface area contributed by atoms with Gasteiger partial charge in [0.2, 0.25) is 0 Å². The van der Waals surface area contributed by atoms with E-state index in [0.29, 0.717) is 30.4 Å². The summed E-state index contributed by atoms with van der Waals surface area (Å²) in [6.07, 6.45) is -11.4. The van der Waals surface area contributed by atoms with Gasteiger partial charge in [-0.2, -0.15) is 30.7 Å². The van der Waals surface area contributed by atoms with E-state index in [1.165, 1.54) is 18.2 Å². The molecule has 0 bridgehead atoms. The molecule has 1 nitrogen and oxygen atoms in total. The van der Waals surface area contributed by atoms with E-state index >= 15 is 8.78 Å². The summed E-state index contributed by atoms with van der Waals surface area (Å²) in [5.74, 6) is -13.4. The fourth-order valence-electron chi connectivity index (χ4n) is 6.63. The van der Waals surface area contributed by atoms with E-state index in [1.807, 2.05) is 6.92 Å². The van der Waals surface area contributed by atoms with Gasteiger partial charge in [-0.25, -0.2) is 26.3 Å². The van der Waals surface area contributed by atoms with Crippen LogP contribution >= 0.6 is 0 Å². The molecule has 0 amide bonds. The van der Waals surface area contributed by atoms with E-state index in [1.54, 1.807) is 6.07 Å². The lowest BCUT2D eigenvalue weighted by molar-refractivity contribution is -0.278. The van der Waals surface area contributed by atoms with Crippen LogP contribution in [-0.4, -0.2) is 18.5 Å². The first-order valence-electron chi connectivity index (χ1n) is 16.9. The average Bonchev–Trinajstić information content (AvgIpc) is 3.07. The molecule has 1 saturated carbocycles. The second-order valence-electron chi connectivity index (χ2n) is 13.2. The topological polar surface area (TPSA) is 9.23 Å². The maximum Gasteiger partial charge on any atom is 0.426 e. The van der Waals surface area contributed by atoms with Gasteiger partial charge >= 0.3 is 18.2 Å². The van der Waals surface area contributed by atoms with Crippen molar-refractivity contribution in [3.63, 3.8) is 0 Å². The SMILES string of the molecule is CCCCCc1ccc(C(F)(F)OC2CCC(c3ccc(-c4ccc(-c5cc(F)c(C(F)(F)C(F)C(F)(F)F)c(F)c5)c(F)c4)c(F)c3)CC2)c(F)c1. The van der Waals surface area contributed by atoms with Gasteiger partial charge in [0.25, 0.3) is 6.17 Å². The van der Waals surface area contributed by atoms with Gasteiger partial charge in [-0.3, -0.25) is 0 Å². The predicted molar refractivity (Wildman–Crippen MR) is 172 cm³/mol. The molecule has 0 aliphatic heterocycles. The van der Waals surface area contributed by atoms with Gasteiger partial charge in [-0.05, 0) is 103 Å². The fourth-order valence-corrected chi connectivity index (χ4v) is 6.63. The summed E-state index contributed by atoms with van der Waals surface area (Å²) in [5.41, 5.74) is -3.57. The second-order valence-corrected chi connectivity index (χ2v) is 13.2. The minimum Gasteiger partial charge on any atom is -0.313 e. The molecule has 4 aromatic rings. The van der Waals surface area contributed by atoms with Crippen LogP contribution < -0.4 is 0 Å². The van der Waals surface area contributed by atoms with Gasteiger partial charge in [0.05, 0.1) is 17.2 Å². The van der Waals surface area contributed by atoms with E-state index in [9.17, 15) is 48.3 Å². The highest BCUT2D eigenvalue weighted by Gasteiger charge is 2.59. The summed E-state index contributed by atoms with van der Waals surface area (Å²) in [6, 6.07) is 10.9. The molecule has 0 aromatic heterocycles. The first kappa shape index (κ1) is 40.1. The summed E-state index contributed by atoms with van der Waals surface area (Å²) in [6.45, 7) is 2.02. The highest BCUT2D eigenvalue weighted by Crippen LogP contribution is 2.45. The van der Waals surface area contributed by atoms with Crippen LogP contribution in [0.25, 0.3) is 22.3 Å². The van der Waals surface area contributed by atoms with Gasteiger partial charge in [0.15, 0.2) is 0 Å². The number of benzene rings is 4. The molecule has 286 valence electrons. The Morgan fingerprint density at radius 1 is 0.642 bits per heavy atom. The van der Waals surface area contributed by atoms with Crippen LogP contribution in [0.2, 0.25) is 0 Å². The number of aryl methyl sites for hydroxylation is 1. The van der Waals surface area contributed by atoms with E-state index in [0.717, 1.165) is 49.6 Å². The molecule has 0 heterocycles. The first-order chi connectivity index (χ1) is 24.8. The lowest BCUT2D eigenvalue weighted by Crippen LogP contribution is -2.40. The van der Waals surface area contributed by atoms with E-state index in [4.69, 9.17) is 4.74 Å². The van der Waals surface area contributed by atoms with Crippen molar-refractivity contribution < 1.29 is 61.8 Å². The number of hydrogen-bond acceptors (Lipinski definition) is 1. The Labute approximate surface area is 296 Å². The zero-order chi connectivity index (χ0) is 38.9. The molecule has 1 unspecified atom stereocenters. The Hall–Kier alpha value is -4.07. The normalized spacial score (nSPS) is 17.6. The quantitative estimate of drug-likeness (QED) is 0.103. The Balaban J connectivity index is 1.25. The predicted octanol–water partition coefficient (Wildman–Crippen LogP) is 13.2. The van der Waals surface area contributed by atoms with Crippen LogP contribution in [-0.2, 0) is 23.2 Å². The van der Waals surface area contributed by atoms with Crippen LogP contribution in [0.1, 0.15) is 80.0 Å². The molecular weight excluding hydrogens is 731 g/mol. The van der Waals surface area contributed by atoms with Crippen molar-refractivity contribution >= 4 is 0 Å². The number of rotatable bonds is 12. The summed E-state index contributed by atoms with van der Waals surface area (Å²) < 4.78 is 188. The van der Waals surface area contributed by atoms with Gasteiger partial charge in [-0.15, -0.1) is 0 Å². The maximum atomic E-state index is 15.3. The van der Waals surface area contributed by atoms with Gasteiger partial charge in [0, 0.05) is 11.1 Å². The lowest BCUT2D eigenvalue weighted by Gasteiger charge is -2.31. The average molecular weight is 765 g/mol. The standard InChI is InChI=1S/C39H33F13O/c1-2-3-4-5-21-6-15-29(32(42)16-21)39(51,52)53-26-11-7-22(8-12-26)23-9-13-27(30(40)17-23)24-10-14-28(31(41)18-24)25-19-33(43)35(34(44)20-25)37(46,47)36(45)38(48,49)50/h6,9-10,13-20,22,26,36H,2-5,7-8,11-12H2,1H3. The van der Waals surface area contributed by atoms with Crippen molar-refractivity contribution in [1.29, 1.82) is 0 Å². The molecule has 0 radical (unpaired) electrons. The molecule has 4 aromatic carbocycles. The van der Waals surface area contributed by atoms with Gasteiger partial charge in [0.1, 0.15) is 29.1 Å². The third-order valence-corrected chi connectivity index (χ3v) is 9.44. The van der Waals surface area contributed by atoms with E-state index in [2.05, 4.69) is 0 Å². The smallest absolute Gasteiger partial charge is 0.313 e. The molecule has 0 spiro atoms. The molecule has 1 aliphatic rings. The molecule has 1 atom stereocenters. The van der Waals surface area contributed by atoms with Crippen molar-refractivity contribution in [3.05, 3.63) is 118 Å². The molecular formula is C39H33F13O. The lowest BCUT2D eigenvalue weighted by atomic mass is 9.82. The van der Waals surface area contributed by atoms with Crippen molar-refractivity contribution in [1.82, 2.24) is 0 Å². The summed E-state index contributed by atoms with van der Waals surface area (Å²) >= 11 is 0. The Kier molecular flexibility index (Phi) is 11.9. The van der Waals surface area contributed by atoms with Crippen molar-refractivity contribution in [2.24, 2.45) is 0 Å². The van der Waals surface area contributed by atoms with Gasteiger partial charge < -0.3 is 4.74 Å². The van der Waals surface area contributed by atoms with Crippen LogP contribution in [0.4, 0.5) is 57.1 Å². The minimum absolute atomic E-state index is 0.0367. The number of unbranched alkanes of at least 4 members (excludes halogenated alkanes) is 2. The van der Waals surface area contributed by atoms with Crippen molar-refractivity contribution in [3.8, 4) is 22.3 Å². The van der Waals surface area contributed by atoms with Crippen LogP contribution in [0.5, 0.6) is 0 Å². The molecule has 1 aliphatic carbocycles. The molecule has 53 heavy (non-hydrogen) atoms. The third kappa shape index (κ3) is 8.84. The molecule has 5 rings (SSSR count). The monoisotopic (exact) mass is 764 g/mol. The zero-order valence-electron chi connectivity index (χ0n) is 28.1. The first-order valence-corrected chi connectivity index (χ1v) is 16.9. The number of alkyl halides is 8.